The SMILES string of the molecule is C(Oc1ccccc1)=C(c1ccccc1)c1ccccc1. The predicted octanol–water partition coefficient (Wildman–Crippen LogP) is 5.15. The van der Waals surface area contributed by atoms with E-state index >= 15 is 0 Å². The molecule has 102 valence electrons. The van der Waals surface area contributed by atoms with Gasteiger partial charge in [0, 0.05) is 5.57 Å². The summed E-state index contributed by atoms with van der Waals surface area (Å²) < 4.78 is 5.81. The molecule has 0 saturated heterocycles. The van der Waals surface area contributed by atoms with Gasteiger partial charge >= 0.3 is 0 Å². The van der Waals surface area contributed by atoms with E-state index in [1.807, 2.05) is 73.0 Å². The van der Waals surface area contributed by atoms with Gasteiger partial charge in [-0.3, -0.25) is 0 Å². The highest BCUT2D eigenvalue weighted by Crippen LogP contribution is 2.23. The van der Waals surface area contributed by atoms with Gasteiger partial charge in [0.1, 0.15) is 5.75 Å². The lowest BCUT2D eigenvalue weighted by Crippen LogP contribution is -1.91. The van der Waals surface area contributed by atoms with Gasteiger partial charge in [0.15, 0.2) is 0 Å². The summed E-state index contributed by atoms with van der Waals surface area (Å²) in [7, 11) is 0. The van der Waals surface area contributed by atoms with Crippen molar-refractivity contribution >= 4 is 5.57 Å². The molecule has 0 bridgehead atoms. The minimum atomic E-state index is 0.835. The first kappa shape index (κ1) is 13.2. The normalized spacial score (nSPS) is 9.90. The van der Waals surface area contributed by atoms with Crippen LogP contribution in [0.2, 0.25) is 0 Å². The molecule has 21 heavy (non-hydrogen) atoms. The molecule has 0 N–H and O–H groups in total. The molecule has 0 radical (unpaired) electrons. The lowest BCUT2D eigenvalue weighted by molar-refractivity contribution is 0.483. The Balaban J connectivity index is 1.97. The molecule has 1 nitrogen and oxygen atoms in total. The highest BCUT2D eigenvalue weighted by atomic mass is 16.5. The van der Waals surface area contributed by atoms with E-state index < -0.39 is 0 Å². The van der Waals surface area contributed by atoms with E-state index in [0.29, 0.717) is 0 Å². The third-order valence-corrected chi connectivity index (χ3v) is 3.23. The summed E-state index contributed by atoms with van der Waals surface area (Å²) in [5, 5.41) is 0. The van der Waals surface area contributed by atoms with Crippen LogP contribution in [0, 0.1) is 0 Å². The van der Waals surface area contributed by atoms with Gasteiger partial charge in [0.05, 0.1) is 6.26 Å². The first-order valence-electron chi connectivity index (χ1n) is 6.96. The molecule has 0 atom stereocenters. The van der Waals surface area contributed by atoms with E-state index in [1.54, 1.807) is 0 Å². The molecule has 0 fully saturated rings. The van der Waals surface area contributed by atoms with Crippen molar-refractivity contribution in [1.82, 2.24) is 0 Å². The van der Waals surface area contributed by atoms with Gasteiger partial charge in [0.25, 0.3) is 0 Å². The number of hydrogen-bond acceptors (Lipinski definition) is 1. The van der Waals surface area contributed by atoms with Gasteiger partial charge < -0.3 is 4.74 Å². The maximum absolute atomic E-state index is 5.81. The summed E-state index contributed by atoms with van der Waals surface area (Å²) in [6.45, 7) is 0. The van der Waals surface area contributed by atoms with Crippen LogP contribution in [-0.2, 0) is 0 Å². The number of benzene rings is 3. The summed E-state index contributed by atoms with van der Waals surface area (Å²) in [5.74, 6) is 0.835. The van der Waals surface area contributed by atoms with E-state index in [4.69, 9.17) is 4.74 Å². The number of rotatable bonds is 4. The largest absolute Gasteiger partial charge is 0.464 e. The topological polar surface area (TPSA) is 9.23 Å². The Kier molecular flexibility index (Phi) is 4.13. The summed E-state index contributed by atoms with van der Waals surface area (Å²) in [6.07, 6.45) is 1.82. The van der Waals surface area contributed by atoms with E-state index in [2.05, 4.69) is 24.3 Å². The van der Waals surface area contributed by atoms with Crippen molar-refractivity contribution < 1.29 is 4.74 Å². The summed E-state index contributed by atoms with van der Waals surface area (Å²) >= 11 is 0. The van der Waals surface area contributed by atoms with Gasteiger partial charge in [-0.1, -0.05) is 78.9 Å². The van der Waals surface area contributed by atoms with Gasteiger partial charge in [-0.25, -0.2) is 0 Å². The molecule has 0 spiro atoms. The molecule has 0 aliphatic heterocycles. The van der Waals surface area contributed by atoms with Crippen LogP contribution in [-0.4, -0.2) is 0 Å². The number of hydrogen-bond donors (Lipinski definition) is 0. The third kappa shape index (κ3) is 3.40. The zero-order valence-electron chi connectivity index (χ0n) is 11.6. The molecular weight excluding hydrogens is 256 g/mol. The summed E-state index contributed by atoms with van der Waals surface area (Å²) in [4.78, 5) is 0. The van der Waals surface area contributed by atoms with Crippen LogP contribution in [0.25, 0.3) is 5.57 Å². The second-order valence-corrected chi connectivity index (χ2v) is 4.69. The van der Waals surface area contributed by atoms with Crippen molar-refractivity contribution in [1.29, 1.82) is 0 Å². The highest BCUT2D eigenvalue weighted by molar-refractivity contribution is 5.79. The maximum atomic E-state index is 5.81. The Morgan fingerprint density at radius 3 is 1.48 bits per heavy atom. The fraction of sp³-hybridized carbons (Fsp3) is 0. The van der Waals surface area contributed by atoms with E-state index in [9.17, 15) is 0 Å². The molecule has 0 heterocycles. The highest BCUT2D eigenvalue weighted by Gasteiger charge is 2.04. The van der Waals surface area contributed by atoms with E-state index in [-0.39, 0.29) is 0 Å². The Bertz CT molecular complexity index is 659. The molecule has 0 unspecified atom stereocenters. The van der Waals surface area contributed by atoms with Crippen molar-refractivity contribution in [3.8, 4) is 5.75 Å². The standard InChI is InChI=1S/C20H16O/c1-4-10-17(11-5-1)20(18-12-6-2-7-13-18)16-21-19-14-8-3-9-15-19/h1-16H. The van der Waals surface area contributed by atoms with Crippen molar-refractivity contribution in [2.75, 3.05) is 0 Å². The van der Waals surface area contributed by atoms with Crippen LogP contribution < -0.4 is 4.74 Å². The zero-order chi connectivity index (χ0) is 14.3. The van der Waals surface area contributed by atoms with Crippen molar-refractivity contribution in [2.45, 2.75) is 0 Å². The Labute approximate surface area is 125 Å². The third-order valence-electron chi connectivity index (χ3n) is 3.23. The molecular formula is C20H16O. The quantitative estimate of drug-likeness (QED) is 0.596. The molecule has 3 aromatic rings. The molecule has 0 aliphatic rings. The average Bonchev–Trinajstić information content (AvgIpc) is 2.58. The van der Waals surface area contributed by atoms with Crippen LogP contribution in [0.5, 0.6) is 5.75 Å². The molecule has 0 aliphatic carbocycles. The van der Waals surface area contributed by atoms with Crippen LogP contribution in [0.3, 0.4) is 0 Å². The zero-order valence-corrected chi connectivity index (χ0v) is 11.6. The summed E-state index contributed by atoms with van der Waals surface area (Å²) in [5.41, 5.74) is 3.35. The lowest BCUT2D eigenvalue weighted by Gasteiger charge is -2.09. The lowest BCUT2D eigenvalue weighted by atomic mass is 9.99. The van der Waals surface area contributed by atoms with Gasteiger partial charge in [-0.05, 0) is 23.3 Å². The predicted molar refractivity (Wildman–Crippen MR) is 87.0 cm³/mol. The molecule has 0 aromatic heterocycles. The molecule has 0 saturated carbocycles. The number of para-hydroxylation sites is 1. The fourth-order valence-electron chi connectivity index (χ4n) is 2.16. The smallest absolute Gasteiger partial charge is 0.126 e. The van der Waals surface area contributed by atoms with Gasteiger partial charge in [-0.15, -0.1) is 0 Å². The van der Waals surface area contributed by atoms with Gasteiger partial charge in [0.2, 0.25) is 0 Å². The fourth-order valence-corrected chi connectivity index (χ4v) is 2.16. The maximum Gasteiger partial charge on any atom is 0.126 e. The second-order valence-electron chi connectivity index (χ2n) is 4.69. The van der Waals surface area contributed by atoms with Crippen molar-refractivity contribution in [3.63, 3.8) is 0 Å². The van der Waals surface area contributed by atoms with Crippen molar-refractivity contribution in [3.05, 3.63) is 108 Å². The van der Waals surface area contributed by atoms with Crippen LogP contribution in [0.1, 0.15) is 11.1 Å². The monoisotopic (exact) mass is 272 g/mol. The van der Waals surface area contributed by atoms with Crippen LogP contribution in [0.15, 0.2) is 97.3 Å². The van der Waals surface area contributed by atoms with Crippen LogP contribution >= 0.6 is 0 Å². The second kappa shape index (κ2) is 6.58. The first-order valence-corrected chi connectivity index (χ1v) is 6.96. The molecule has 1 heteroatoms. The summed E-state index contributed by atoms with van der Waals surface area (Å²) in [6, 6.07) is 30.4. The van der Waals surface area contributed by atoms with Crippen molar-refractivity contribution in [2.24, 2.45) is 0 Å². The van der Waals surface area contributed by atoms with Crippen LogP contribution in [0.4, 0.5) is 0 Å². The Hall–Kier alpha value is -2.80. The molecule has 3 aromatic carbocycles. The Morgan fingerprint density at radius 1 is 0.571 bits per heavy atom. The number of ether oxygens (including phenoxy) is 1. The minimum absolute atomic E-state index is 0.835. The first-order chi connectivity index (χ1) is 10.4. The van der Waals surface area contributed by atoms with Gasteiger partial charge in [-0.2, -0.15) is 0 Å². The van der Waals surface area contributed by atoms with E-state index in [1.165, 1.54) is 0 Å². The minimum Gasteiger partial charge on any atom is -0.464 e. The molecule has 0 amide bonds. The molecule has 3 rings (SSSR count). The average molecular weight is 272 g/mol. The van der Waals surface area contributed by atoms with E-state index in [0.717, 1.165) is 22.4 Å². The Morgan fingerprint density at radius 2 is 1.00 bits per heavy atom.